The molecule has 1 aliphatic rings. The largest absolute Gasteiger partial charge is 0.396 e. The Morgan fingerprint density at radius 3 is 2.68 bits per heavy atom. The zero-order valence-corrected chi connectivity index (χ0v) is 14.6. The van der Waals surface area contributed by atoms with Gasteiger partial charge in [-0.15, -0.1) is 5.10 Å². The second-order valence-corrected chi connectivity index (χ2v) is 6.44. The molecule has 7 nitrogen and oxygen atoms in total. The first kappa shape index (κ1) is 17.6. The van der Waals surface area contributed by atoms with Gasteiger partial charge in [0.15, 0.2) is 5.69 Å². The van der Waals surface area contributed by atoms with Crippen molar-refractivity contribution >= 4 is 5.91 Å². The highest BCUT2D eigenvalue weighted by Gasteiger charge is 2.27. The Bertz CT molecular complexity index is 680. The first-order chi connectivity index (χ1) is 12.2. The van der Waals surface area contributed by atoms with Crippen molar-refractivity contribution < 1.29 is 9.90 Å². The number of piperidine rings is 1. The summed E-state index contributed by atoms with van der Waals surface area (Å²) in [4.78, 5) is 18.3. The van der Waals surface area contributed by atoms with Gasteiger partial charge in [0, 0.05) is 32.3 Å². The highest BCUT2D eigenvalue weighted by Crippen LogP contribution is 2.17. The first-order valence-electron chi connectivity index (χ1n) is 8.77. The standard InChI is InChI=1S/C18H25N5O2/c1-21(10-5-13-24)15-8-11-22(12-9-15)18(25)17-14-19-23(20-17)16-6-3-2-4-7-16/h2-4,6-7,14-15,24H,5,8-13H2,1H3. The zero-order chi connectivity index (χ0) is 17.6. The van der Waals surface area contributed by atoms with Crippen LogP contribution in [0.5, 0.6) is 0 Å². The van der Waals surface area contributed by atoms with E-state index in [4.69, 9.17) is 5.11 Å². The number of hydrogen-bond acceptors (Lipinski definition) is 5. The van der Waals surface area contributed by atoms with E-state index in [0.29, 0.717) is 11.7 Å². The molecule has 1 N–H and O–H groups in total. The van der Waals surface area contributed by atoms with Crippen molar-refractivity contribution in [1.29, 1.82) is 0 Å². The molecular weight excluding hydrogens is 318 g/mol. The summed E-state index contributed by atoms with van der Waals surface area (Å²) in [6, 6.07) is 10.0. The van der Waals surface area contributed by atoms with Gasteiger partial charge in [-0.25, -0.2) is 0 Å². The summed E-state index contributed by atoms with van der Waals surface area (Å²) in [5, 5.41) is 17.5. The van der Waals surface area contributed by atoms with Crippen LogP contribution in [-0.4, -0.2) is 75.1 Å². The third-order valence-electron chi connectivity index (χ3n) is 4.74. The lowest BCUT2D eigenvalue weighted by Crippen LogP contribution is -2.46. The van der Waals surface area contributed by atoms with Crippen LogP contribution < -0.4 is 0 Å². The molecule has 134 valence electrons. The van der Waals surface area contributed by atoms with Crippen LogP contribution in [0.25, 0.3) is 5.69 Å². The molecule has 7 heteroatoms. The molecule has 25 heavy (non-hydrogen) atoms. The zero-order valence-electron chi connectivity index (χ0n) is 14.6. The van der Waals surface area contributed by atoms with E-state index in [9.17, 15) is 4.79 Å². The fraction of sp³-hybridized carbons (Fsp3) is 0.500. The molecule has 1 saturated heterocycles. The quantitative estimate of drug-likeness (QED) is 0.853. The van der Waals surface area contributed by atoms with Crippen LogP contribution >= 0.6 is 0 Å². The second-order valence-electron chi connectivity index (χ2n) is 6.44. The monoisotopic (exact) mass is 343 g/mol. The molecule has 1 aliphatic heterocycles. The summed E-state index contributed by atoms with van der Waals surface area (Å²) >= 11 is 0. The van der Waals surface area contributed by atoms with Gasteiger partial charge in [-0.1, -0.05) is 18.2 Å². The highest BCUT2D eigenvalue weighted by molar-refractivity contribution is 5.92. The topological polar surface area (TPSA) is 74.5 Å². The minimum atomic E-state index is -0.0568. The molecule has 0 aliphatic carbocycles. The van der Waals surface area contributed by atoms with Crippen molar-refractivity contribution in [2.24, 2.45) is 0 Å². The average molecular weight is 343 g/mol. The summed E-state index contributed by atoms with van der Waals surface area (Å²) in [5.41, 5.74) is 1.22. The van der Waals surface area contributed by atoms with Crippen molar-refractivity contribution in [2.45, 2.75) is 25.3 Å². The Morgan fingerprint density at radius 1 is 1.28 bits per heavy atom. The third-order valence-corrected chi connectivity index (χ3v) is 4.74. The Morgan fingerprint density at radius 2 is 2.00 bits per heavy atom. The summed E-state index contributed by atoms with van der Waals surface area (Å²) in [5.74, 6) is -0.0568. The number of amides is 1. The Labute approximate surface area is 147 Å². The van der Waals surface area contributed by atoms with E-state index < -0.39 is 0 Å². The van der Waals surface area contributed by atoms with Gasteiger partial charge in [-0.3, -0.25) is 4.79 Å². The van der Waals surface area contributed by atoms with Crippen molar-refractivity contribution in [3.8, 4) is 5.69 Å². The Balaban J connectivity index is 1.57. The van der Waals surface area contributed by atoms with Crippen molar-refractivity contribution in [3.05, 3.63) is 42.2 Å². The van der Waals surface area contributed by atoms with Gasteiger partial charge in [-0.05, 0) is 38.4 Å². The normalized spacial score (nSPS) is 15.7. The number of benzene rings is 1. The van der Waals surface area contributed by atoms with Gasteiger partial charge in [0.05, 0.1) is 11.9 Å². The predicted molar refractivity (Wildman–Crippen MR) is 94.6 cm³/mol. The fourth-order valence-electron chi connectivity index (χ4n) is 3.22. The molecule has 2 heterocycles. The van der Waals surface area contributed by atoms with Gasteiger partial charge in [-0.2, -0.15) is 9.90 Å². The summed E-state index contributed by atoms with van der Waals surface area (Å²) in [7, 11) is 2.09. The van der Waals surface area contributed by atoms with E-state index in [0.717, 1.165) is 44.6 Å². The number of aliphatic hydroxyl groups is 1. The number of aromatic nitrogens is 3. The number of carbonyl (C=O) groups is 1. The molecule has 1 fully saturated rings. The van der Waals surface area contributed by atoms with E-state index in [2.05, 4.69) is 22.1 Å². The third kappa shape index (κ3) is 4.24. The summed E-state index contributed by atoms with van der Waals surface area (Å²) in [6.07, 6.45) is 4.22. The number of para-hydroxylation sites is 1. The first-order valence-corrected chi connectivity index (χ1v) is 8.77. The lowest BCUT2D eigenvalue weighted by molar-refractivity contribution is 0.0635. The maximum Gasteiger partial charge on any atom is 0.276 e. The summed E-state index contributed by atoms with van der Waals surface area (Å²) < 4.78 is 0. The average Bonchev–Trinajstić information content (AvgIpc) is 3.16. The summed E-state index contributed by atoms with van der Waals surface area (Å²) in [6.45, 7) is 2.57. The Kier molecular flexibility index (Phi) is 5.78. The number of aliphatic hydroxyl groups excluding tert-OH is 1. The van der Waals surface area contributed by atoms with Crippen LogP contribution in [-0.2, 0) is 0 Å². The van der Waals surface area contributed by atoms with E-state index in [1.54, 1.807) is 0 Å². The SMILES string of the molecule is CN(CCCO)C1CCN(C(=O)c2cnn(-c3ccccc3)n2)CC1. The fourth-order valence-corrected chi connectivity index (χ4v) is 3.22. The van der Waals surface area contributed by atoms with Gasteiger partial charge >= 0.3 is 0 Å². The minimum absolute atomic E-state index is 0.0568. The molecule has 1 aromatic heterocycles. The lowest BCUT2D eigenvalue weighted by atomic mass is 10.0. The van der Waals surface area contributed by atoms with Crippen LogP contribution in [0.2, 0.25) is 0 Å². The van der Waals surface area contributed by atoms with Crippen LogP contribution in [0.15, 0.2) is 36.5 Å². The van der Waals surface area contributed by atoms with Crippen molar-refractivity contribution in [1.82, 2.24) is 24.8 Å². The highest BCUT2D eigenvalue weighted by atomic mass is 16.3. The van der Waals surface area contributed by atoms with E-state index >= 15 is 0 Å². The predicted octanol–water partition coefficient (Wildman–Crippen LogP) is 1.19. The minimum Gasteiger partial charge on any atom is -0.396 e. The van der Waals surface area contributed by atoms with Crippen LogP contribution in [0.4, 0.5) is 0 Å². The van der Waals surface area contributed by atoms with Gasteiger partial charge < -0.3 is 14.9 Å². The van der Waals surface area contributed by atoms with Crippen LogP contribution in [0, 0.1) is 0 Å². The molecule has 1 aromatic carbocycles. The molecule has 0 unspecified atom stereocenters. The second kappa shape index (κ2) is 8.22. The van der Waals surface area contributed by atoms with Gasteiger partial charge in [0.2, 0.25) is 0 Å². The molecule has 3 rings (SSSR count). The van der Waals surface area contributed by atoms with Gasteiger partial charge in [0.1, 0.15) is 0 Å². The smallest absolute Gasteiger partial charge is 0.276 e. The molecule has 0 atom stereocenters. The number of nitrogens with zero attached hydrogens (tertiary/aromatic N) is 5. The van der Waals surface area contributed by atoms with Crippen molar-refractivity contribution in [3.63, 3.8) is 0 Å². The molecular formula is C18H25N5O2. The molecule has 2 aromatic rings. The molecule has 1 amide bonds. The van der Waals surface area contributed by atoms with E-state index in [1.807, 2.05) is 35.2 Å². The molecule has 0 radical (unpaired) electrons. The van der Waals surface area contributed by atoms with E-state index in [-0.39, 0.29) is 12.5 Å². The van der Waals surface area contributed by atoms with Crippen LogP contribution in [0.3, 0.4) is 0 Å². The Hall–Kier alpha value is -2.25. The molecule has 0 saturated carbocycles. The van der Waals surface area contributed by atoms with Crippen molar-refractivity contribution in [2.75, 3.05) is 33.3 Å². The number of hydrogen-bond donors (Lipinski definition) is 1. The maximum absolute atomic E-state index is 12.7. The molecule has 0 spiro atoms. The number of carbonyl (C=O) groups excluding carboxylic acids is 1. The maximum atomic E-state index is 12.7. The van der Waals surface area contributed by atoms with Gasteiger partial charge in [0.25, 0.3) is 5.91 Å². The van der Waals surface area contributed by atoms with Crippen LogP contribution in [0.1, 0.15) is 29.8 Å². The number of likely N-dealkylation sites (tertiary alicyclic amines) is 1. The molecule has 0 bridgehead atoms. The lowest BCUT2D eigenvalue weighted by Gasteiger charge is -2.36. The number of rotatable bonds is 6. The van der Waals surface area contributed by atoms with E-state index in [1.165, 1.54) is 11.0 Å².